The van der Waals surface area contributed by atoms with Gasteiger partial charge in [-0.1, -0.05) is 28.9 Å². The standard InChI is InChI=1S/C19H20ClN3O3/c1-23(11-12-25-15-9-7-14(20)8-10-15)13-18-21-19(22-26-18)16-5-3-4-6-17(16)24-2/h3-10H,11-13H2,1-2H3. The van der Waals surface area contributed by atoms with Crippen molar-refractivity contribution >= 4 is 11.6 Å². The van der Waals surface area contributed by atoms with Crippen molar-refractivity contribution in [3.05, 3.63) is 59.4 Å². The van der Waals surface area contributed by atoms with Gasteiger partial charge >= 0.3 is 0 Å². The third-order valence-electron chi connectivity index (χ3n) is 3.78. The van der Waals surface area contributed by atoms with Gasteiger partial charge in [-0.2, -0.15) is 4.98 Å². The predicted octanol–water partition coefficient (Wildman–Crippen LogP) is 3.91. The van der Waals surface area contributed by atoms with E-state index in [2.05, 4.69) is 15.0 Å². The van der Waals surface area contributed by atoms with Gasteiger partial charge in [-0.15, -0.1) is 0 Å². The number of aromatic nitrogens is 2. The second-order valence-corrected chi connectivity index (χ2v) is 6.19. The lowest BCUT2D eigenvalue weighted by Gasteiger charge is -2.14. The van der Waals surface area contributed by atoms with Gasteiger partial charge in [0.05, 0.1) is 19.2 Å². The topological polar surface area (TPSA) is 60.6 Å². The predicted molar refractivity (Wildman–Crippen MR) is 99.6 cm³/mol. The van der Waals surface area contributed by atoms with E-state index in [1.807, 2.05) is 43.4 Å². The van der Waals surface area contributed by atoms with Crippen molar-refractivity contribution in [2.24, 2.45) is 0 Å². The van der Waals surface area contributed by atoms with Gasteiger partial charge < -0.3 is 14.0 Å². The quantitative estimate of drug-likeness (QED) is 0.596. The Morgan fingerprint density at radius 3 is 2.65 bits per heavy atom. The highest BCUT2D eigenvalue weighted by molar-refractivity contribution is 6.30. The highest BCUT2D eigenvalue weighted by Gasteiger charge is 2.14. The number of benzene rings is 2. The summed E-state index contributed by atoms with van der Waals surface area (Å²) in [6, 6.07) is 14.9. The van der Waals surface area contributed by atoms with E-state index >= 15 is 0 Å². The van der Waals surface area contributed by atoms with Crippen LogP contribution < -0.4 is 9.47 Å². The molecule has 0 spiro atoms. The van der Waals surface area contributed by atoms with Gasteiger partial charge in [-0.05, 0) is 43.4 Å². The molecular weight excluding hydrogens is 354 g/mol. The van der Waals surface area contributed by atoms with Crippen LogP contribution in [0.1, 0.15) is 5.89 Å². The molecule has 0 saturated carbocycles. The monoisotopic (exact) mass is 373 g/mol. The smallest absolute Gasteiger partial charge is 0.241 e. The molecule has 0 aliphatic heterocycles. The Kier molecular flexibility index (Phi) is 6.09. The minimum Gasteiger partial charge on any atom is -0.496 e. The molecule has 0 radical (unpaired) electrons. The number of hydrogen-bond acceptors (Lipinski definition) is 6. The molecule has 0 atom stereocenters. The number of rotatable bonds is 8. The summed E-state index contributed by atoms with van der Waals surface area (Å²) in [4.78, 5) is 6.50. The molecule has 0 bridgehead atoms. The van der Waals surface area contributed by atoms with Crippen LogP contribution in [0.3, 0.4) is 0 Å². The molecule has 3 rings (SSSR count). The van der Waals surface area contributed by atoms with Crippen molar-refractivity contribution < 1.29 is 14.0 Å². The fourth-order valence-electron chi connectivity index (χ4n) is 2.42. The molecule has 6 nitrogen and oxygen atoms in total. The first-order valence-corrected chi connectivity index (χ1v) is 8.56. The molecule has 136 valence electrons. The third kappa shape index (κ3) is 4.74. The Morgan fingerprint density at radius 1 is 1.12 bits per heavy atom. The summed E-state index contributed by atoms with van der Waals surface area (Å²) in [5, 5.41) is 4.74. The molecule has 2 aromatic carbocycles. The molecule has 7 heteroatoms. The van der Waals surface area contributed by atoms with Crippen LogP contribution in [0.5, 0.6) is 11.5 Å². The number of ether oxygens (including phenoxy) is 2. The van der Waals surface area contributed by atoms with Gasteiger partial charge in [0.25, 0.3) is 0 Å². The first kappa shape index (κ1) is 18.2. The fraction of sp³-hybridized carbons (Fsp3) is 0.263. The van der Waals surface area contributed by atoms with Gasteiger partial charge in [0.2, 0.25) is 11.7 Å². The first-order valence-electron chi connectivity index (χ1n) is 8.18. The fourth-order valence-corrected chi connectivity index (χ4v) is 2.54. The van der Waals surface area contributed by atoms with Gasteiger partial charge in [-0.25, -0.2) is 0 Å². The molecule has 0 amide bonds. The lowest BCUT2D eigenvalue weighted by atomic mass is 10.2. The van der Waals surface area contributed by atoms with Gasteiger partial charge in [0.1, 0.15) is 18.1 Å². The molecule has 0 aliphatic rings. The molecule has 1 aromatic heterocycles. The van der Waals surface area contributed by atoms with Gasteiger partial charge in [0, 0.05) is 11.6 Å². The van der Waals surface area contributed by atoms with Crippen LogP contribution in [-0.2, 0) is 6.54 Å². The zero-order valence-electron chi connectivity index (χ0n) is 14.7. The summed E-state index contributed by atoms with van der Waals surface area (Å²) in [5.74, 6) is 2.56. The van der Waals surface area contributed by atoms with Crippen molar-refractivity contribution in [2.75, 3.05) is 27.3 Å². The summed E-state index contributed by atoms with van der Waals surface area (Å²) in [7, 11) is 3.59. The van der Waals surface area contributed by atoms with Crippen LogP contribution in [0.15, 0.2) is 53.1 Å². The van der Waals surface area contributed by atoms with E-state index in [0.29, 0.717) is 35.6 Å². The average molecular weight is 374 g/mol. The maximum absolute atomic E-state index is 5.86. The second-order valence-electron chi connectivity index (χ2n) is 5.75. The zero-order chi connectivity index (χ0) is 18.4. The normalized spacial score (nSPS) is 10.9. The van der Waals surface area contributed by atoms with Crippen LogP contribution in [-0.4, -0.2) is 42.3 Å². The molecule has 3 aromatic rings. The zero-order valence-corrected chi connectivity index (χ0v) is 15.4. The number of likely N-dealkylation sites (N-methyl/N-ethyl adjacent to an activating group) is 1. The molecule has 0 unspecified atom stereocenters. The minimum atomic E-state index is 0.517. The van der Waals surface area contributed by atoms with Crippen LogP contribution in [0.25, 0.3) is 11.4 Å². The largest absolute Gasteiger partial charge is 0.496 e. The Bertz CT molecular complexity index is 836. The number of methoxy groups -OCH3 is 1. The lowest BCUT2D eigenvalue weighted by molar-refractivity contribution is 0.213. The van der Waals surface area contributed by atoms with E-state index in [0.717, 1.165) is 17.9 Å². The number of hydrogen-bond donors (Lipinski definition) is 0. The summed E-state index contributed by atoms with van der Waals surface area (Å²) >= 11 is 5.86. The summed E-state index contributed by atoms with van der Waals surface area (Å²) < 4.78 is 16.4. The summed E-state index contributed by atoms with van der Waals surface area (Å²) in [6.45, 7) is 1.80. The molecule has 0 saturated heterocycles. The van der Waals surface area contributed by atoms with E-state index in [-0.39, 0.29) is 0 Å². The van der Waals surface area contributed by atoms with Gasteiger partial charge in [-0.3, -0.25) is 4.90 Å². The second kappa shape index (κ2) is 8.69. The Balaban J connectivity index is 1.52. The summed E-state index contributed by atoms with van der Waals surface area (Å²) in [5.41, 5.74) is 0.804. The van der Waals surface area contributed by atoms with Crippen molar-refractivity contribution in [1.29, 1.82) is 0 Å². The third-order valence-corrected chi connectivity index (χ3v) is 4.03. The van der Waals surface area contributed by atoms with Crippen LogP contribution in [0.2, 0.25) is 5.02 Å². The van der Waals surface area contributed by atoms with Crippen LogP contribution in [0, 0.1) is 0 Å². The SMILES string of the molecule is COc1ccccc1-c1noc(CN(C)CCOc2ccc(Cl)cc2)n1. The number of para-hydroxylation sites is 1. The number of nitrogens with zero attached hydrogens (tertiary/aromatic N) is 3. The van der Waals surface area contributed by atoms with E-state index < -0.39 is 0 Å². The van der Waals surface area contributed by atoms with Crippen LogP contribution in [0.4, 0.5) is 0 Å². The maximum atomic E-state index is 5.86. The lowest BCUT2D eigenvalue weighted by Crippen LogP contribution is -2.24. The maximum Gasteiger partial charge on any atom is 0.241 e. The number of halogens is 1. The summed E-state index contributed by atoms with van der Waals surface area (Å²) in [6.07, 6.45) is 0. The molecule has 0 N–H and O–H groups in total. The molecule has 0 aliphatic carbocycles. The van der Waals surface area contributed by atoms with Crippen molar-refractivity contribution in [1.82, 2.24) is 15.0 Å². The Labute approximate surface area is 157 Å². The van der Waals surface area contributed by atoms with Crippen molar-refractivity contribution in [3.63, 3.8) is 0 Å². The van der Waals surface area contributed by atoms with Crippen molar-refractivity contribution in [3.8, 4) is 22.9 Å². The van der Waals surface area contributed by atoms with E-state index in [9.17, 15) is 0 Å². The Hall–Kier alpha value is -2.57. The van der Waals surface area contributed by atoms with Gasteiger partial charge in [0.15, 0.2) is 0 Å². The van der Waals surface area contributed by atoms with E-state index in [1.165, 1.54) is 0 Å². The van der Waals surface area contributed by atoms with Crippen molar-refractivity contribution in [2.45, 2.75) is 6.54 Å². The highest BCUT2D eigenvalue weighted by Crippen LogP contribution is 2.27. The highest BCUT2D eigenvalue weighted by atomic mass is 35.5. The van der Waals surface area contributed by atoms with Crippen LogP contribution >= 0.6 is 11.6 Å². The molecule has 26 heavy (non-hydrogen) atoms. The average Bonchev–Trinajstić information content (AvgIpc) is 3.11. The molecular formula is C19H20ClN3O3. The first-order chi connectivity index (χ1) is 12.7. The minimum absolute atomic E-state index is 0.517. The van der Waals surface area contributed by atoms with E-state index in [4.69, 9.17) is 25.6 Å². The Morgan fingerprint density at radius 2 is 1.88 bits per heavy atom. The molecule has 0 fully saturated rings. The molecule has 1 heterocycles. The van der Waals surface area contributed by atoms with E-state index in [1.54, 1.807) is 19.2 Å².